The van der Waals surface area contributed by atoms with Gasteiger partial charge in [0.15, 0.2) is 0 Å². The van der Waals surface area contributed by atoms with Gasteiger partial charge in [0, 0.05) is 0 Å². The minimum absolute atomic E-state index is 0.766. The van der Waals surface area contributed by atoms with Crippen LogP contribution in [0.15, 0.2) is 54.1 Å². The Morgan fingerprint density at radius 2 is 0.843 bits per heavy atom. The molecule has 0 N–H and O–H groups in total. The number of rotatable bonds is 18. The second-order valence-electron chi connectivity index (χ2n) is 17.2. The Labute approximate surface area is 311 Å². The van der Waals surface area contributed by atoms with Gasteiger partial charge in [-0.05, 0) is 187 Å². The molecule has 8 rings (SSSR count). The van der Waals surface area contributed by atoms with Crippen LogP contribution in [0.2, 0.25) is 0 Å². The third-order valence-electron chi connectivity index (χ3n) is 13.3. The first kappa shape index (κ1) is 37.0. The zero-order valence-electron chi connectivity index (χ0n) is 32.1. The Kier molecular flexibility index (Phi) is 14.3. The van der Waals surface area contributed by atoms with Crippen LogP contribution in [0.5, 0.6) is 11.5 Å². The van der Waals surface area contributed by atoms with E-state index in [1.165, 1.54) is 178 Å². The van der Waals surface area contributed by atoms with Crippen molar-refractivity contribution in [3.05, 3.63) is 65.2 Å². The molecule has 4 bridgehead atoms. The van der Waals surface area contributed by atoms with E-state index >= 15 is 0 Å². The standard InChI is InChI=1S/C47H70N2O2/c1-2-10-26-48(25-9-1)29-13-5-7-15-31-50-44-21-17-40(18-22-44)46(47-42-34-38-33-39(36-42)37-43(47)35-38)41-19-23-45(24-20-41)51-32-16-8-6-14-30-49-27-11-3-4-12-28-49/h17-24,38-39,42-43H,1-16,25-37H2/t38-,39+,42?,43?. The van der Waals surface area contributed by atoms with Crippen LogP contribution in [0.4, 0.5) is 0 Å². The summed E-state index contributed by atoms with van der Waals surface area (Å²) in [6.45, 7) is 9.50. The molecular formula is C47H70N2O2. The Morgan fingerprint density at radius 3 is 1.25 bits per heavy atom. The fraction of sp³-hybridized carbons (Fsp3) is 0.702. The van der Waals surface area contributed by atoms with Crippen LogP contribution in [0, 0.1) is 23.7 Å². The lowest BCUT2D eigenvalue weighted by molar-refractivity contribution is 0.0705. The van der Waals surface area contributed by atoms with E-state index in [-0.39, 0.29) is 0 Å². The van der Waals surface area contributed by atoms with Crippen LogP contribution >= 0.6 is 0 Å². The van der Waals surface area contributed by atoms with Gasteiger partial charge in [-0.15, -0.1) is 0 Å². The molecule has 2 saturated heterocycles. The number of hydrogen-bond acceptors (Lipinski definition) is 4. The molecule has 6 fully saturated rings. The van der Waals surface area contributed by atoms with E-state index in [1.54, 1.807) is 5.57 Å². The molecule has 4 nitrogen and oxygen atoms in total. The lowest BCUT2D eigenvalue weighted by Gasteiger charge is -2.52. The Bertz CT molecular complexity index is 1210. The lowest BCUT2D eigenvalue weighted by Crippen LogP contribution is -2.40. The van der Waals surface area contributed by atoms with Crippen LogP contribution < -0.4 is 9.47 Å². The molecule has 51 heavy (non-hydrogen) atoms. The highest BCUT2D eigenvalue weighted by Gasteiger charge is 2.46. The van der Waals surface area contributed by atoms with E-state index < -0.39 is 0 Å². The molecule has 0 radical (unpaired) electrons. The Balaban J connectivity index is 0.901. The number of hydrogen-bond donors (Lipinski definition) is 0. The van der Waals surface area contributed by atoms with Crippen molar-refractivity contribution in [1.29, 1.82) is 0 Å². The summed E-state index contributed by atoms with van der Waals surface area (Å²) in [4.78, 5) is 5.39. The Morgan fingerprint density at radius 1 is 0.451 bits per heavy atom. The minimum Gasteiger partial charge on any atom is -0.494 e. The first-order valence-electron chi connectivity index (χ1n) is 21.9. The normalized spacial score (nSPS) is 25.5. The van der Waals surface area contributed by atoms with E-state index in [2.05, 4.69) is 58.3 Å². The minimum atomic E-state index is 0.766. The summed E-state index contributed by atoms with van der Waals surface area (Å²) in [6, 6.07) is 18.3. The van der Waals surface area contributed by atoms with E-state index in [9.17, 15) is 0 Å². The van der Waals surface area contributed by atoms with Gasteiger partial charge in [-0.2, -0.15) is 0 Å². The summed E-state index contributed by atoms with van der Waals surface area (Å²) in [5.41, 5.74) is 6.01. The molecule has 0 atom stereocenters. The maximum atomic E-state index is 6.27. The van der Waals surface area contributed by atoms with Crippen molar-refractivity contribution in [3.8, 4) is 11.5 Å². The van der Waals surface area contributed by atoms with Crippen LogP contribution in [0.25, 0.3) is 5.57 Å². The smallest absolute Gasteiger partial charge is 0.119 e. The van der Waals surface area contributed by atoms with E-state index in [1.807, 2.05) is 0 Å². The Hall–Kier alpha value is -2.30. The SMILES string of the molecule is c1cc(C(=C2C3C[C@H]4CC2C[C@@H](C3)C4)c2ccc(OCCCCCCN3CCCCCC3)cc2)ccc1OCCCCCCN1CCCCCC1. The predicted molar refractivity (Wildman–Crippen MR) is 214 cm³/mol. The van der Waals surface area contributed by atoms with Gasteiger partial charge in [0.25, 0.3) is 0 Å². The topological polar surface area (TPSA) is 24.9 Å². The van der Waals surface area contributed by atoms with E-state index in [0.717, 1.165) is 61.2 Å². The third kappa shape index (κ3) is 10.9. The lowest BCUT2D eigenvalue weighted by atomic mass is 9.53. The first-order valence-corrected chi connectivity index (χ1v) is 21.9. The molecule has 2 heterocycles. The fourth-order valence-electron chi connectivity index (χ4n) is 10.7. The van der Waals surface area contributed by atoms with Crippen molar-refractivity contribution < 1.29 is 9.47 Å². The number of nitrogens with zero attached hydrogens (tertiary/aromatic N) is 2. The van der Waals surface area contributed by atoms with Gasteiger partial charge < -0.3 is 19.3 Å². The van der Waals surface area contributed by atoms with E-state index in [4.69, 9.17) is 9.47 Å². The summed E-state index contributed by atoms with van der Waals surface area (Å²) in [5.74, 6) is 5.50. The van der Waals surface area contributed by atoms with Crippen LogP contribution in [0.1, 0.15) is 146 Å². The number of allylic oxidation sites excluding steroid dienone is 1. The second-order valence-corrected chi connectivity index (χ2v) is 17.2. The van der Waals surface area contributed by atoms with Crippen molar-refractivity contribution in [2.45, 2.75) is 135 Å². The molecule has 4 saturated carbocycles. The van der Waals surface area contributed by atoms with Gasteiger partial charge in [0.2, 0.25) is 0 Å². The van der Waals surface area contributed by atoms with Crippen molar-refractivity contribution in [2.24, 2.45) is 23.7 Å². The third-order valence-corrected chi connectivity index (χ3v) is 13.3. The molecule has 0 aromatic heterocycles. The number of ether oxygens (including phenoxy) is 2. The van der Waals surface area contributed by atoms with Crippen molar-refractivity contribution >= 4 is 5.57 Å². The van der Waals surface area contributed by atoms with Crippen LogP contribution in [0.3, 0.4) is 0 Å². The number of likely N-dealkylation sites (tertiary alicyclic amines) is 2. The highest BCUT2D eigenvalue weighted by atomic mass is 16.5. The summed E-state index contributed by atoms with van der Waals surface area (Å²) >= 11 is 0. The van der Waals surface area contributed by atoms with Gasteiger partial charge >= 0.3 is 0 Å². The monoisotopic (exact) mass is 695 g/mol. The fourth-order valence-corrected chi connectivity index (χ4v) is 10.7. The van der Waals surface area contributed by atoms with Crippen molar-refractivity contribution in [1.82, 2.24) is 9.80 Å². The molecule has 4 heteroatoms. The maximum absolute atomic E-state index is 6.27. The second kappa shape index (κ2) is 19.7. The van der Waals surface area contributed by atoms with E-state index in [0.29, 0.717) is 0 Å². The van der Waals surface area contributed by atoms with Crippen molar-refractivity contribution in [2.75, 3.05) is 52.5 Å². The average molecular weight is 695 g/mol. The summed E-state index contributed by atoms with van der Waals surface area (Å²) in [7, 11) is 0. The van der Waals surface area contributed by atoms with Gasteiger partial charge in [0.1, 0.15) is 11.5 Å². The first-order chi connectivity index (χ1) is 25.3. The molecule has 0 amide bonds. The number of benzene rings is 2. The molecule has 0 spiro atoms. The highest BCUT2D eigenvalue weighted by Crippen LogP contribution is 2.58. The van der Waals surface area contributed by atoms with Gasteiger partial charge in [0.05, 0.1) is 13.2 Å². The van der Waals surface area contributed by atoms with Gasteiger partial charge in [-0.25, -0.2) is 0 Å². The highest BCUT2D eigenvalue weighted by molar-refractivity contribution is 5.83. The van der Waals surface area contributed by atoms with Gasteiger partial charge in [-0.3, -0.25) is 0 Å². The molecule has 280 valence electrons. The molecule has 4 aliphatic carbocycles. The molecule has 0 unspecified atom stereocenters. The molecule has 2 aromatic rings. The van der Waals surface area contributed by atoms with Gasteiger partial charge in [-0.1, -0.05) is 81.2 Å². The summed E-state index contributed by atoms with van der Waals surface area (Å²) in [6.07, 6.45) is 28.6. The predicted octanol–water partition coefficient (Wildman–Crippen LogP) is 11.6. The van der Waals surface area contributed by atoms with Crippen LogP contribution in [-0.4, -0.2) is 62.3 Å². The number of unbranched alkanes of at least 4 members (excludes halogenated alkanes) is 6. The summed E-state index contributed by atoms with van der Waals surface area (Å²) in [5, 5.41) is 0. The molecule has 2 aliphatic heterocycles. The zero-order chi connectivity index (χ0) is 34.5. The average Bonchev–Trinajstić information content (AvgIpc) is 3.58. The largest absolute Gasteiger partial charge is 0.494 e. The molecule has 2 aromatic carbocycles. The molecule has 6 aliphatic rings. The summed E-state index contributed by atoms with van der Waals surface area (Å²) < 4.78 is 12.5. The molecular weight excluding hydrogens is 625 g/mol. The maximum Gasteiger partial charge on any atom is 0.119 e. The zero-order valence-corrected chi connectivity index (χ0v) is 32.1. The van der Waals surface area contributed by atoms with Crippen LogP contribution in [-0.2, 0) is 0 Å². The van der Waals surface area contributed by atoms with Crippen molar-refractivity contribution in [3.63, 3.8) is 0 Å². The quantitative estimate of drug-likeness (QED) is 0.145.